The van der Waals surface area contributed by atoms with Gasteiger partial charge in [-0.15, -0.1) is 0 Å². The minimum atomic E-state index is -0.178. The lowest BCUT2D eigenvalue weighted by molar-refractivity contribution is -0.121. The third-order valence-electron chi connectivity index (χ3n) is 4.40. The van der Waals surface area contributed by atoms with Crippen LogP contribution in [0.1, 0.15) is 23.4 Å². The number of fused-ring (bicyclic) bond motifs is 1. The minimum Gasteiger partial charge on any atom is -0.496 e. The number of rotatable bonds is 7. The maximum Gasteiger partial charge on any atom is 0.258 e. The van der Waals surface area contributed by atoms with Gasteiger partial charge in [0.1, 0.15) is 11.6 Å². The molecule has 0 saturated heterocycles. The Kier molecular flexibility index (Phi) is 5.86. The van der Waals surface area contributed by atoms with Crippen molar-refractivity contribution in [2.45, 2.75) is 26.2 Å². The van der Waals surface area contributed by atoms with Crippen LogP contribution in [-0.4, -0.2) is 29.5 Å². The lowest BCUT2D eigenvalue weighted by Gasteiger charge is -2.10. The predicted octanol–water partition coefficient (Wildman–Crippen LogP) is 2.53. The number of para-hydroxylation sites is 1. The number of carbonyl (C=O) groups excluding carboxylic acids is 1. The molecule has 0 unspecified atom stereocenters. The largest absolute Gasteiger partial charge is 0.496 e. The van der Waals surface area contributed by atoms with Crippen molar-refractivity contribution in [1.29, 1.82) is 0 Å². The van der Waals surface area contributed by atoms with E-state index in [1.807, 2.05) is 25.1 Å². The summed E-state index contributed by atoms with van der Waals surface area (Å²) in [5.74, 6) is 1.28. The summed E-state index contributed by atoms with van der Waals surface area (Å²) in [6.07, 6.45) is 1.35. The van der Waals surface area contributed by atoms with Gasteiger partial charge in [0.05, 0.1) is 18.0 Å². The minimum absolute atomic E-state index is 0.0718. The maximum atomic E-state index is 12.1. The van der Waals surface area contributed by atoms with Crippen LogP contribution in [0.5, 0.6) is 5.75 Å². The van der Waals surface area contributed by atoms with Crippen molar-refractivity contribution in [2.24, 2.45) is 0 Å². The second-order valence-electron chi connectivity index (χ2n) is 6.45. The smallest absolute Gasteiger partial charge is 0.258 e. The molecule has 6 heteroatoms. The Labute approximate surface area is 157 Å². The fourth-order valence-electron chi connectivity index (χ4n) is 3.01. The first-order chi connectivity index (χ1) is 13.1. The number of hydrogen-bond acceptors (Lipinski definition) is 4. The highest BCUT2D eigenvalue weighted by atomic mass is 16.5. The van der Waals surface area contributed by atoms with Crippen LogP contribution in [0, 0.1) is 6.92 Å². The molecule has 0 aliphatic heterocycles. The summed E-state index contributed by atoms with van der Waals surface area (Å²) in [5.41, 5.74) is 2.69. The number of nitrogens with one attached hydrogen (secondary N) is 2. The number of hydrogen-bond donors (Lipinski definition) is 2. The summed E-state index contributed by atoms with van der Waals surface area (Å²) in [5, 5.41) is 3.46. The Morgan fingerprint density at radius 1 is 1.19 bits per heavy atom. The molecule has 0 bridgehead atoms. The zero-order valence-electron chi connectivity index (χ0n) is 15.5. The molecule has 0 aliphatic carbocycles. The highest BCUT2D eigenvalue weighted by molar-refractivity contribution is 5.78. The van der Waals surface area contributed by atoms with Crippen LogP contribution in [0.3, 0.4) is 0 Å². The molecule has 1 amide bonds. The summed E-state index contributed by atoms with van der Waals surface area (Å²) in [6, 6.07) is 13.2. The van der Waals surface area contributed by atoms with Gasteiger partial charge in [0.2, 0.25) is 5.91 Å². The Hall–Kier alpha value is -3.15. The SMILES string of the molecule is COc1ccc(C)cc1CCNC(=O)CCc1nc2ccccc2c(=O)[nH]1. The lowest BCUT2D eigenvalue weighted by Crippen LogP contribution is -2.26. The number of aromatic nitrogens is 2. The van der Waals surface area contributed by atoms with Gasteiger partial charge in [-0.3, -0.25) is 9.59 Å². The molecule has 0 fully saturated rings. The number of ether oxygens (including phenoxy) is 1. The first kappa shape index (κ1) is 18.6. The van der Waals surface area contributed by atoms with Crippen LogP contribution in [-0.2, 0) is 17.6 Å². The first-order valence-electron chi connectivity index (χ1n) is 8.95. The molecule has 140 valence electrons. The molecule has 0 atom stereocenters. The topological polar surface area (TPSA) is 84.1 Å². The van der Waals surface area contributed by atoms with Crippen molar-refractivity contribution >= 4 is 16.8 Å². The average Bonchev–Trinajstić information content (AvgIpc) is 2.67. The van der Waals surface area contributed by atoms with Crippen molar-refractivity contribution in [3.63, 3.8) is 0 Å². The summed E-state index contributed by atoms with van der Waals surface area (Å²) < 4.78 is 5.35. The van der Waals surface area contributed by atoms with Gasteiger partial charge in [-0.25, -0.2) is 4.98 Å². The highest BCUT2D eigenvalue weighted by Gasteiger charge is 2.08. The second-order valence-corrected chi connectivity index (χ2v) is 6.45. The molecule has 0 aliphatic rings. The Bertz CT molecular complexity index is 1010. The van der Waals surface area contributed by atoms with E-state index in [0.717, 1.165) is 16.9 Å². The summed E-state index contributed by atoms with van der Waals surface area (Å²) >= 11 is 0. The van der Waals surface area contributed by atoms with Gasteiger partial charge >= 0.3 is 0 Å². The first-order valence-corrected chi connectivity index (χ1v) is 8.95. The standard InChI is InChI=1S/C21H23N3O3/c1-14-7-8-18(27-2)15(13-14)11-12-22-20(25)10-9-19-23-17-6-4-3-5-16(17)21(26)24-19/h3-8,13H,9-12H2,1-2H3,(H,22,25)(H,23,24,26). The summed E-state index contributed by atoms with van der Waals surface area (Å²) in [6.45, 7) is 2.55. The predicted molar refractivity (Wildman–Crippen MR) is 105 cm³/mol. The van der Waals surface area contributed by atoms with E-state index in [-0.39, 0.29) is 17.9 Å². The van der Waals surface area contributed by atoms with Gasteiger partial charge in [0.15, 0.2) is 0 Å². The lowest BCUT2D eigenvalue weighted by atomic mass is 10.1. The molecule has 1 heterocycles. The quantitative estimate of drug-likeness (QED) is 0.674. The van der Waals surface area contributed by atoms with E-state index >= 15 is 0 Å². The molecule has 3 aromatic rings. The number of benzene rings is 2. The van der Waals surface area contributed by atoms with Crippen molar-refractivity contribution in [3.8, 4) is 5.75 Å². The van der Waals surface area contributed by atoms with Crippen molar-refractivity contribution in [2.75, 3.05) is 13.7 Å². The maximum absolute atomic E-state index is 12.1. The third kappa shape index (κ3) is 4.73. The zero-order chi connectivity index (χ0) is 19.2. The molecule has 2 N–H and O–H groups in total. The normalized spacial score (nSPS) is 10.7. The number of nitrogens with zero attached hydrogens (tertiary/aromatic N) is 1. The zero-order valence-corrected chi connectivity index (χ0v) is 15.5. The summed E-state index contributed by atoms with van der Waals surface area (Å²) in [7, 11) is 1.64. The molecule has 0 radical (unpaired) electrons. The average molecular weight is 365 g/mol. The van der Waals surface area contributed by atoms with Crippen molar-refractivity contribution in [3.05, 3.63) is 69.8 Å². The van der Waals surface area contributed by atoms with Crippen molar-refractivity contribution in [1.82, 2.24) is 15.3 Å². The van der Waals surface area contributed by atoms with Crippen LogP contribution in [0.4, 0.5) is 0 Å². The van der Waals surface area contributed by atoms with Crippen LogP contribution >= 0.6 is 0 Å². The molecule has 2 aromatic carbocycles. The highest BCUT2D eigenvalue weighted by Crippen LogP contribution is 2.19. The number of carbonyl (C=O) groups is 1. The molecule has 6 nitrogen and oxygen atoms in total. The van der Waals surface area contributed by atoms with Crippen LogP contribution < -0.4 is 15.6 Å². The van der Waals surface area contributed by atoms with E-state index in [2.05, 4.69) is 21.4 Å². The number of aromatic amines is 1. The fraction of sp³-hybridized carbons (Fsp3) is 0.286. The van der Waals surface area contributed by atoms with Gasteiger partial charge in [-0.1, -0.05) is 29.8 Å². The number of H-pyrrole nitrogens is 1. The van der Waals surface area contributed by atoms with Gasteiger partial charge in [-0.2, -0.15) is 0 Å². The van der Waals surface area contributed by atoms with E-state index in [1.165, 1.54) is 0 Å². The monoisotopic (exact) mass is 365 g/mol. The number of methoxy groups -OCH3 is 1. The van der Waals surface area contributed by atoms with Crippen LogP contribution in [0.25, 0.3) is 10.9 Å². The van der Waals surface area contributed by atoms with E-state index in [4.69, 9.17) is 4.74 Å². The van der Waals surface area contributed by atoms with Gasteiger partial charge in [0, 0.05) is 19.4 Å². The fourth-order valence-corrected chi connectivity index (χ4v) is 3.01. The van der Waals surface area contributed by atoms with E-state index in [1.54, 1.807) is 25.3 Å². The van der Waals surface area contributed by atoms with Crippen LogP contribution in [0.2, 0.25) is 0 Å². The molecule has 1 aromatic heterocycles. The molecular formula is C21H23N3O3. The van der Waals surface area contributed by atoms with Gasteiger partial charge in [-0.05, 0) is 37.1 Å². The molecule has 0 spiro atoms. The van der Waals surface area contributed by atoms with Crippen LogP contribution in [0.15, 0.2) is 47.3 Å². The molecular weight excluding hydrogens is 342 g/mol. The Balaban J connectivity index is 1.53. The Morgan fingerprint density at radius 2 is 2.00 bits per heavy atom. The van der Waals surface area contributed by atoms with Gasteiger partial charge < -0.3 is 15.0 Å². The van der Waals surface area contributed by atoms with Crippen molar-refractivity contribution < 1.29 is 9.53 Å². The van der Waals surface area contributed by atoms with E-state index < -0.39 is 0 Å². The molecule has 27 heavy (non-hydrogen) atoms. The summed E-state index contributed by atoms with van der Waals surface area (Å²) in [4.78, 5) is 31.3. The van der Waals surface area contributed by atoms with Gasteiger partial charge in [0.25, 0.3) is 5.56 Å². The molecule has 3 rings (SSSR count). The molecule has 0 saturated carbocycles. The van der Waals surface area contributed by atoms with E-state index in [9.17, 15) is 9.59 Å². The van der Waals surface area contributed by atoms with E-state index in [0.29, 0.717) is 36.1 Å². The number of aryl methyl sites for hydroxylation is 2. The third-order valence-corrected chi connectivity index (χ3v) is 4.40. The number of amides is 1. The second kappa shape index (κ2) is 8.49. The Morgan fingerprint density at radius 3 is 2.81 bits per heavy atom.